The number of halogens is 2. The van der Waals surface area contributed by atoms with Gasteiger partial charge in [0, 0.05) is 35.3 Å². The Morgan fingerprint density at radius 2 is 1.88 bits per heavy atom. The van der Waals surface area contributed by atoms with Crippen molar-refractivity contribution in [1.82, 2.24) is 24.6 Å². The molecule has 1 aliphatic rings. The minimum absolute atomic E-state index is 0.0535. The normalized spacial score (nSPS) is 14.7. The highest BCUT2D eigenvalue weighted by Gasteiger charge is 2.29. The summed E-state index contributed by atoms with van der Waals surface area (Å²) in [6, 6.07) is 13.2. The van der Waals surface area contributed by atoms with E-state index in [4.69, 9.17) is 0 Å². The lowest BCUT2D eigenvalue weighted by Gasteiger charge is -2.15. The van der Waals surface area contributed by atoms with E-state index in [2.05, 4.69) is 15.4 Å². The van der Waals surface area contributed by atoms with Crippen LogP contribution in [0.3, 0.4) is 0 Å². The third kappa shape index (κ3) is 4.25. The van der Waals surface area contributed by atoms with Gasteiger partial charge in [0.05, 0.1) is 17.1 Å². The molecule has 1 fully saturated rings. The van der Waals surface area contributed by atoms with Crippen LogP contribution in [-0.2, 0) is 11.3 Å². The quantitative estimate of drug-likeness (QED) is 0.421. The van der Waals surface area contributed by atoms with Gasteiger partial charge in [0.15, 0.2) is 5.65 Å². The van der Waals surface area contributed by atoms with E-state index in [9.17, 15) is 13.6 Å². The molecular formula is C25H25F2N5O. The van der Waals surface area contributed by atoms with Crippen molar-refractivity contribution in [1.29, 1.82) is 0 Å². The number of carbonyl (C=O) groups is 1. The van der Waals surface area contributed by atoms with E-state index in [0.29, 0.717) is 22.4 Å². The standard InChI is InChI=1S/C25H25F2N5O/c1-15(17-7-9-19(10-8-17)31-11-3-4-12-31)28-22(33)14-32-25-23(16(2)30-32)20(24(26)27)13-21(29-25)18-5-6-18/h3-4,7-13,15,18,24H,5-6,14H2,1-2H3,(H,28,33). The number of nitrogens with one attached hydrogen (secondary N) is 1. The molecule has 1 atom stereocenters. The summed E-state index contributed by atoms with van der Waals surface area (Å²) in [6.45, 7) is 3.50. The Morgan fingerprint density at radius 3 is 2.52 bits per heavy atom. The van der Waals surface area contributed by atoms with Gasteiger partial charge >= 0.3 is 0 Å². The maximum atomic E-state index is 13.7. The minimum Gasteiger partial charge on any atom is -0.348 e. The Kier molecular flexibility index (Phi) is 5.44. The molecule has 8 heteroatoms. The van der Waals surface area contributed by atoms with Gasteiger partial charge < -0.3 is 9.88 Å². The lowest BCUT2D eigenvalue weighted by Crippen LogP contribution is -2.30. The summed E-state index contributed by atoms with van der Waals surface area (Å²) in [5.74, 6) is -0.0301. The van der Waals surface area contributed by atoms with Crippen LogP contribution < -0.4 is 5.32 Å². The van der Waals surface area contributed by atoms with Crippen LogP contribution in [0.2, 0.25) is 0 Å². The molecule has 1 saturated carbocycles. The van der Waals surface area contributed by atoms with Gasteiger partial charge in [-0.3, -0.25) is 4.79 Å². The summed E-state index contributed by atoms with van der Waals surface area (Å²) < 4.78 is 30.9. The van der Waals surface area contributed by atoms with Gasteiger partial charge in [0.2, 0.25) is 5.91 Å². The van der Waals surface area contributed by atoms with Crippen molar-refractivity contribution in [3.8, 4) is 5.69 Å². The van der Waals surface area contributed by atoms with Gasteiger partial charge in [0.25, 0.3) is 6.43 Å². The first-order valence-electron chi connectivity index (χ1n) is 11.1. The number of hydrogen-bond acceptors (Lipinski definition) is 3. The highest BCUT2D eigenvalue weighted by atomic mass is 19.3. The first-order valence-corrected chi connectivity index (χ1v) is 11.1. The molecule has 1 unspecified atom stereocenters. The molecule has 1 N–H and O–H groups in total. The molecular weight excluding hydrogens is 424 g/mol. The second kappa shape index (κ2) is 8.42. The Labute approximate surface area is 190 Å². The number of carbonyl (C=O) groups excluding carboxylic acids is 1. The van der Waals surface area contributed by atoms with Crippen LogP contribution in [0.15, 0.2) is 54.9 Å². The van der Waals surface area contributed by atoms with Gasteiger partial charge in [-0.15, -0.1) is 0 Å². The average Bonchev–Trinajstić information content (AvgIpc) is 3.41. The molecule has 0 radical (unpaired) electrons. The summed E-state index contributed by atoms with van der Waals surface area (Å²) >= 11 is 0. The molecule has 1 aliphatic carbocycles. The third-order valence-electron chi connectivity index (χ3n) is 6.12. The molecule has 0 aliphatic heterocycles. The summed E-state index contributed by atoms with van der Waals surface area (Å²) in [4.78, 5) is 17.4. The number of amides is 1. The topological polar surface area (TPSA) is 64.7 Å². The molecule has 170 valence electrons. The van der Waals surface area contributed by atoms with Crippen LogP contribution in [0, 0.1) is 6.92 Å². The van der Waals surface area contributed by atoms with Crippen LogP contribution in [0.5, 0.6) is 0 Å². The largest absolute Gasteiger partial charge is 0.348 e. The minimum atomic E-state index is -2.62. The second-order valence-corrected chi connectivity index (χ2v) is 8.62. The molecule has 1 aromatic carbocycles. The zero-order chi connectivity index (χ0) is 23.1. The van der Waals surface area contributed by atoms with E-state index >= 15 is 0 Å². The van der Waals surface area contributed by atoms with Crippen molar-refractivity contribution in [3.63, 3.8) is 0 Å². The van der Waals surface area contributed by atoms with Gasteiger partial charge in [-0.05, 0) is 62.6 Å². The van der Waals surface area contributed by atoms with E-state index < -0.39 is 6.43 Å². The first-order chi connectivity index (χ1) is 15.9. The lowest BCUT2D eigenvalue weighted by molar-refractivity contribution is -0.122. The number of aryl methyl sites for hydroxylation is 1. The number of alkyl halides is 2. The number of hydrogen-bond donors (Lipinski definition) is 1. The molecule has 0 bridgehead atoms. The monoisotopic (exact) mass is 449 g/mol. The van der Waals surface area contributed by atoms with Crippen molar-refractivity contribution in [2.75, 3.05) is 0 Å². The molecule has 4 aromatic rings. The van der Waals surface area contributed by atoms with Crippen LogP contribution >= 0.6 is 0 Å². The highest BCUT2D eigenvalue weighted by Crippen LogP contribution is 2.41. The maximum absolute atomic E-state index is 13.7. The molecule has 3 aromatic heterocycles. The Balaban J connectivity index is 1.34. The Bertz CT molecular complexity index is 1290. The van der Waals surface area contributed by atoms with Crippen LogP contribution in [0.4, 0.5) is 8.78 Å². The lowest BCUT2D eigenvalue weighted by atomic mass is 10.1. The number of pyridine rings is 1. The van der Waals surface area contributed by atoms with Gasteiger partial charge in [-0.1, -0.05) is 12.1 Å². The predicted octanol–water partition coefficient (Wildman–Crippen LogP) is 5.22. The molecule has 5 rings (SSSR count). The van der Waals surface area contributed by atoms with E-state index in [1.54, 1.807) is 6.92 Å². The van der Waals surface area contributed by atoms with Gasteiger partial charge in [-0.2, -0.15) is 5.10 Å². The summed E-state index contributed by atoms with van der Waals surface area (Å²) in [6.07, 6.45) is 3.23. The number of aromatic nitrogens is 4. The van der Waals surface area contributed by atoms with Gasteiger partial charge in [0.1, 0.15) is 6.54 Å². The zero-order valence-electron chi connectivity index (χ0n) is 18.5. The van der Waals surface area contributed by atoms with Crippen molar-refractivity contribution in [3.05, 3.63) is 77.4 Å². The smallest absolute Gasteiger partial charge is 0.264 e. The van der Waals surface area contributed by atoms with Crippen molar-refractivity contribution < 1.29 is 13.6 Å². The molecule has 33 heavy (non-hydrogen) atoms. The summed E-state index contributed by atoms with van der Waals surface area (Å²) in [5, 5.41) is 7.69. The molecule has 0 saturated heterocycles. The zero-order valence-corrected chi connectivity index (χ0v) is 18.5. The van der Waals surface area contributed by atoms with Crippen molar-refractivity contribution >= 4 is 16.9 Å². The highest BCUT2D eigenvalue weighted by molar-refractivity contribution is 5.85. The number of nitrogens with zero attached hydrogens (tertiary/aromatic N) is 4. The van der Waals surface area contributed by atoms with E-state index in [1.165, 1.54) is 10.7 Å². The summed E-state index contributed by atoms with van der Waals surface area (Å²) in [5.41, 5.74) is 3.42. The molecule has 1 amide bonds. The van der Waals surface area contributed by atoms with E-state index in [1.807, 2.05) is 60.3 Å². The number of fused-ring (bicyclic) bond motifs is 1. The van der Waals surface area contributed by atoms with E-state index in [0.717, 1.165) is 24.1 Å². The fourth-order valence-corrected chi connectivity index (χ4v) is 4.23. The third-order valence-corrected chi connectivity index (χ3v) is 6.12. The van der Waals surface area contributed by atoms with Gasteiger partial charge in [-0.25, -0.2) is 18.4 Å². The maximum Gasteiger partial charge on any atom is 0.264 e. The van der Waals surface area contributed by atoms with Crippen LogP contribution in [0.1, 0.15) is 60.7 Å². The predicted molar refractivity (Wildman–Crippen MR) is 122 cm³/mol. The van der Waals surface area contributed by atoms with E-state index in [-0.39, 0.29) is 30.0 Å². The van der Waals surface area contributed by atoms with Crippen molar-refractivity contribution in [2.24, 2.45) is 0 Å². The Morgan fingerprint density at radius 1 is 1.18 bits per heavy atom. The Hall–Kier alpha value is -3.55. The van der Waals surface area contributed by atoms with Crippen molar-refractivity contribution in [2.45, 2.75) is 51.6 Å². The second-order valence-electron chi connectivity index (χ2n) is 8.62. The molecule has 3 heterocycles. The fourth-order valence-electron chi connectivity index (χ4n) is 4.23. The first kappa shape index (κ1) is 21.3. The SMILES string of the molecule is Cc1nn(CC(=O)NC(C)c2ccc(-n3cccc3)cc2)c2nc(C3CC3)cc(C(F)F)c12. The number of rotatable bonds is 7. The fraction of sp³-hybridized carbons (Fsp3) is 0.320. The van der Waals surface area contributed by atoms with Crippen LogP contribution in [-0.4, -0.2) is 25.2 Å². The van der Waals surface area contributed by atoms with Crippen LogP contribution in [0.25, 0.3) is 16.7 Å². The summed E-state index contributed by atoms with van der Waals surface area (Å²) in [7, 11) is 0. The average molecular weight is 450 g/mol. The number of benzene rings is 1. The molecule has 0 spiro atoms. The molecule has 6 nitrogen and oxygen atoms in total.